The Bertz CT molecular complexity index is 1310. The summed E-state index contributed by atoms with van der Waals surface area (Å²) in [5, 5.41) is 6.11. The number of hydrogen-bond acceptors (Lipinski definition) is 7. The highest BCUT2D eigenvalue weighted by Gasteiger charge is 2.62. The number of amides is 3. The average Bonchev–Trinajstić information content (AvgIpc) is 3.41. The first-order valence-electron chi connectivity index (χ1n) is 11.8. The number of nitrogens with zero attached hydrogens (tertiary/aromatic N) is 2. The Labute approximate surface area is 206 Å². The van der Waals surface area contributed by atoms with Crippen LogP contribution in [0.25, 0.3) is 0 Å². The number of rotatable bonds is 5. The molecule has 4 aliphatic rings. The van der Waals surface area contributed by atoms with Gasteiger partial charge in [0.05, 0.1) is 11.8 Å². The lowest BCUT2D eigenvalue weighted by molar-refractivity contribution is -0.159. The number of aromatic nitrogens is 1. The van der Waals surface area contributed by atoms with Crippen LogP contribution in [0.4, 0.5) is 5.82 Å². The van der Waals surface area contributed by atoms with Crippen LogP contribution in [0.3, 0.4) is 0 Å². The number of ether oxygens (including phenoxy) is 1. The molecule has 3 aliphatic carbocycles. The largest absolute Gasteiger partial charge is 0.454 e. The molecular weight excluding hydrogens is 462 g/mol. The Morgan fingerprint density at radius 3 is 1.92 bits per heavy atom. The summed E-state index contributed by atoms with van der Waals surface area (Å²) in [6, 6.07) is 16.2. The Morgan fingerprint density at radius 1 is 0.972 bits per heavy atom. The predicted octanol–water partition coefficient (Wildman–Crippen LogP) is 2.75. The van der Waals surface area contributed by atoms with Gasteiger partial charge in [-0.3, -0.25) is 19.3 Å². The maximum Gasteiger partial charge on any atom is 0.329 e. The van der Waals surface area contributed by atoms with Gasteiger partial charge in [0.25, 0.3) is 5.91 Å². The highest BCUT2D eigenvalue weighted by Crippen LogP contribution is 2.61. The Balaban J connectivity index is 1.23. The van der Waals surface area contributed by atoms with Crippen molar-refractivity contribution < 1.29 is 28.4 Å². The second-order valence-electron chi connectivity index (χ2n) is 9.47. The second kappa shape index (κ2) is 8.15. The van der Waals surface area contributed by atoms with E-state index < -0.39 is 36.4 Å². The van der Waals surface area contributed by atoms with Gasteiger partial charge in [0, 0.05) is 17.9 Å². The van der Waals surface area contributed by atoms with E-state index in [4.69, 9.17) is 9.26 Å². The van der Waals surface area contributed by atoms with Gasteiger partial charge in [-0.2, -0.15) is 0 Å². The number of nitrogens with one attached hydrogen (secondary N) is 1. The SMILES string of the molecule is Cc1cc(NC(=O)COC(=O)[C@H](C)N2C(=O)[C@H]3C4c5ccccc5C(c5ccccc54)[C@@H]3C2=O)no1. The van der Waals surface area contributed by atoms with Crippen LogP contribution in [0.2, 0.25) is 0 Å². The van der Waals surface area contributed by atoms with Crippen LogP contribution in [0.15, 0.2) is 59.1 Å². The number of benzene rings is 2. The smallest absolute Gasteiger partial charge is 0.329 e. The number of esters is 1. The third-order valence-electron chi connectivity index (χ3n) is 7.45. The van der Waals surface area contributed by atoms with Gasteiger partial charge in [-0.1, -0.05) is 53.7 Å². The van der Waals surface area contributed by atoms with Gasteiger partial charge in [-0.25, -0.2) is 4.79 Å². The number of imide groups is 1. The fourth-order valence-electron chi connectivity index (χ4n) is 6.05. The van der Waals surface area contributed by atoms with Crippen molar-refractivity contribution in [3.63, 3.8) is 0 Å². The molecule has 0 saturated carbocycles. The Kier molecular flexibility index (Phi) is 5.03. The molecule has 9 nitrogen and oxygen atoms in total. The monoisotopic (exact) mass is 485 g/mol. The molecule has 0 unspecified atom stereocenters. The van der Waals surface area contributed by atoms with Crippen LogP contribution in [0.1, 0.15) is 46.8 Å². The molecule has 1 aromatic heterocycles. The quantitative estimate of drug-likeness (QED) is 0.436. The maximum atomic E-state index is 13.7. The van der Waals surface area contributed by atoms with Crippen LogP contribution in [-0.2, 0) is 23.9 Å². The van der Waals surface area contributed by atoms with Gasteiger partial charge in [0.1, 0.15) is 11.8 Å². The summed E-state index contributed by atoms with van der Waals surface area (Å²) < 4.78 is 10.0. The molecule has 7 rings (SSSR count). The summed E-state index contributed by atoms with van der Waals surface area (Å²) in [6.07, 6.45) is 0. The molecule has 1 N–H and O–H groups in total. The maximum absolute atomic E-state index is 13.7. The van der Waals surface area contributed by atoms with E-state index in [0.29, 0.717) is 5.76 Å². The zero-order valence-corrected chi connectivity index (χ0v) is 19.6. The third-order valence-corrected chi connectivity index (χ3v) is 7.45. The second-order valence-corrected chi connectivity index (χ2v) is 9.47. The van der Waals surface area contributed by atoms with Crippen LogP contribution >= 0.6 is 0 Å². The number of hydrogen-bond donors (Lipinski definition) is 1. The first kappa shape index (κ1) is 22.2. The van der Waals surface area contributed by atoms with Crippen molar-refractivity contribution in [2.75, 3.05) is 11.9 Å². The summed E-state index contributed by atoms with van der Waals surface area (Å²) >= 11 is 0. The van der Waals surface area contributed by atoms with Crippen molar-refractivity contribution in [2.24, 2.45) is 11.8 Å². The van der Waals surface area contributed by atoms with E-state index in [2.05, 4.69) is 10.5 Å². The van der Waals surface area contributed by atoms with Gasteiger partial charge in [0.2, 0.25) is 11.8 Å². The molecule has 0 spiro atoms. The lowest BCUT2D eigenvalue weighted by Crippen LogP contribution is -2.45. The number of aryl methyl sites for hydroxylation is 1. The van der Waals surface area contributed by atoms with Crippen LogP contribution < -0.4 is 5.32 Å². The van der Waals surface area contributed by atoms with Crippen LogP contribution in [0.5, 0.6) is 0 Å². The summed E-state index contributed by atoms with van der Waals surface area (Å²) in [6.45, 7) is 2.55. The van der Waals surface area contributed by atoms with Crippen molar-refractivity contribution >= 4 is 29.5 Å². The minimum absolute atomic E-state index is 0.199. The fourth-order valence-corrected chi connectivity index (χ4v) is 6.05. The van der Waals surface area contributed by atoms with Gasteiger partial charge in [-0.05, 0) is 36.1 Å². The normalized spacial score (nSPS) is 24.1. The number of likely N-dealkylation sites (tertiary alicyclic amines) is 1. The zero-order valence-electron chi connectivity index (χ0n) is 19.6. The summed E-state index contributed by atoms with van der Waals surface area (Å²) in [5.41, 5.74) is 4.22. The van der Waals surface area contributed by atoms with E-state index in [1.54, 1.807) is 6.92 Å². The molecule has 2 heterocycles. The highest BCUT2D eigenvalue weighted by molar-refractivity contribution is 6.10. The van der Waals surface area contributed by atoms with E-state index in [-0.39, 0.29) is 29.5 Å². The fraction of sp³-hybridized carbons (Fsp3) is 0.296. The molecule has 9 heteroatoms. The van der Waals surface area contributed by atoms with E-state index >= 15 is 0 Å². The molecular formula is C27H23N3O6. The molecule has 1 saturated heterocycles. The van der Waals surface area contributed by atoms with Gasteiger partial charge < -0.3 is 14.6 Å². The minimum atomic E-state index is -1.16. The molecule has 0 radical (unpaired) electrons. The predicted molar refractivity (Wildman–Crippen MR) is 126 cm³/mol. The molecule has 3 atom stereocenters. The van der Waals surface area contributed by atoms with E-state index in [0.717, 1.165) is 27.2 Å². The van der Waals surface area contributed by atoms with E-state index in [1.165, 1.54) is 13.0 Å². The zero-order chi connectivity index (χ0) is 25.1. The molecule has 1 fully saturated rings. The summed E-state index contributed by atoms with van der Waals surface area (Å²) in [5.74, 6) is -3.16. The molecule has 1 aliphatic heterocycles. The number of carbonyl (C=O) groups is 4. The molecule has 3 aromatic rings. The van der Waals surface area contributed by atoms with Gasteiger partial charge in [-0.15, -0.1) is 0 Å². The molecule has 3 amide bonds. The standard InChI is InChI=1S/C27H23N3O6/c1-13-11-19(29-36-13)28-20(31)12-35-27(34)14(2)30-25(32)23-21-15-7-3-4-8-16(15)22(24(23)26(30)33)18-10-6-5-9-17(18)21/h3-11,14,21-24H,12H2,1-2H3,(H,28,29,31)/t14-,21?,22?,23-,24-/m0/s1. The Morgan fingerprint density at radius 2 is 1.47 bits per heavy atom. The first-order chi connectivity index (χ1) is 17.4. The van der Waals surface area contributed by atoms with Crippen molar-refractivity contribution in [2.45, 2.75) is 31.7 Å². The molecule has 2 aromatic carbocycles. The molecule has 2 bridgehead atoms. The summed E-state index contributed by atoms with van der Waals surface area (Å²) in [7, 11) is 0. The third kappa shape index (κ3) is 3.19. The lowest BCUT2D eigenvalue weighted by atomic mass is 9.55. The number of anilines is 1. The number of carbonyl (C=O) groups excluding carboxylic acids is 4. The van der Waals surface area contributed by atoms with Gasteiger partial charge >= 0.3 is 5.97 Å². The lowest BCUT2D eigenvalue weighted by Gasteiger charge is -2.45. The van der Waals surface area contributed by atoms with E-state index in [9.17, 15) is 19.2 Å². The van der Waals surface area contributed by atoms with Crippen molar-refractivity contribution in [3.05, 3.63) is 82.6 Å². The molecule has 36 heavy (non-hydrogen) atoms. The van der Waals surface area contributed by atoms with Crippen molar-refractivity contribution in [1.82, 2.24) is 10.1 Å². The van der Waals surface area contributed by atoms with Crippen molar-refractivity contribution in [1.29, 1.82) is 0 Å². The van der Waals surface area contributed by atoms with E-state index in [1.807, 2.05) is 48.5 Å². The topological polar surface area (TPSA) is 119 Å². The van der Waals surface area contributed by atoms with Crippen molar-refractivity contribution in [3.8, 4) is 0 Å². The summed E-state index contributed by atoms with van der Waals surface area (Å²) in [4.78, 5) is 53.4. The van der Waals surface area contributed by atoms with Gasteiger partial charge in [0.15, 0.2) is 12.4 Å². The Hall–Kier alpha value is -4.27. The minimum Gasteiger partial charge on any atom is -0.454 e. The van der Waals surface area contributed by atoms with Crippen LogP contribution in [0, 0.1) is 18.8 Å². The highest BCUT2D eigenvalue weighted by atomic mass is 16.5. The average molecular weight is 485 g/mol. The molecule has 182 valence electrons. The van der Waals surface area contributed by atoms with Crippen LogP contribution in [-0.4, -0.2) is 46.4 Å². The first-order valence-corrected chi connectivity index (χ1v) is 11.8.